The van der Waals surface area contributed by atoms with Gasteiger partial charge >= 0.3 is 0 Å². The van der Waals surface area contributed by atoms with Crippen LogP contribution in [0.1, 0.15) is 59.8 Å². The summed E-state index contributed by atoms with van der Waals surface area (Å²) in [6, 6.07) is 0.618. The molecule has 0 aromatic rings. The zero-order valence-corrected chi connectivity index (χ0v) is 14.2. The molecule has 0 saturated carbocycles. The normalized spacial score (nSPS) is 37.0. The minimum absolute atomic E-state index is 0.346. The van der Waals surface area contributed by atoms with E-state index in [1.165, 1.54) is 39.4 Å². The van der Waals surface area contributed by atoms with Crippen LogP contribution in [0.5, 0.6) is 0 Å². The molecule has 0 aromatic heterocycles. The summed E-state index contributed by atoms with van der Waals surface area (Å²) >= 11 is 0. The maximum atomic E-state index is 5.64. The highest BCUT2D eigenvalue weighted by Crippen LogP contribution is 2.62. The van der Waals surface area contributed by atoms with Crippen LogP contribution >= 0.6 is 0 Å². The van der Waals surface area contributed by atoms with Gasteiger partial charge in [0.1, 0.15) is 7.28 Å². The molecule has 1 spiro atoms. The molecule has 2 saturated heterocycles. The summed E-state index contributed by atoms with van der Waals surface area (Å²) in [4.78, 5) is 2.77. The van der Waals surface area contributed by atoms with E-state index in [4.69, 9.17) is 4.74 Å². The summed E-state index contributed by atoms with van der Waals surface area (Å²) in [5.41, 5.74) is 3.87. The van der Waals surface area contributed by atoms with Gasteiger partial charge in [-0.3, -0.25) is 0 Å². The second-order valence-corrected chi connectivity index (χ2v) is 8.90. The Bertz CT molecular complexity index is 472. The summed E-state index contributed by atoms with van der Waals surface area (Å²) in [6.07, 6.45) is 6.91. The molecule has 5 rings (SSSR count). The first-order valence-corrected chi connectivity index (χ1v) is 9.04. The second-order valence-electron chi connectivity index (χ2n) is 8.90. The highest BCUT2D eigenvalue weighted by Gasteiger charge is 2.55. The predicted molar refractivity (Wildman–Crippen MR) is 89.1 cm³/mol. The van der Waals surface area contributed by atoms with Gasteiger partial charge in [0.2, 0.25) is 0 Å². The first kappa shape index (κ1) is 14.2. The van der Waals surface area contributed by atoms with E-state index in [9.17, 15) is 0 Å². The van der Waals surface area contributed by atoms with Gasteiger partial charge in [-0.2, -0.15) is 0 Å². The van der Waals surface area contributed by atoms with Gasteiger partial charge < -0.3 is 9.64 Å². The van der Waals surface area contributed by atoms with Crippen molar-refractivity contribution in [2.75, 3.05) is 13.2 Å². The smallest absolute Gasteiger partial charge is 0.132 e. The highest BCUT2D eigenvalue weighted by atomic mass is 16.5. The largest absolute Gasteiger partial charge is 0.376 e. The molecule has 0 amide bonds. The van der Waals surface area contributed by atoms with Crippen LogP contribution < -0.4 is 0 Å². The second kappa shape index (κ2) is 4.53. The van der Waals surface area contributed by atoms with Crippen LogP contribution in [-0.4, -0.2) is 37.0 Å². The van der Waals surface area contributed by atoms with E-state index < -0.39 is 0 Å². The Labute approximate surface area is 130 Å². The number of ether oxygens (including phenoxy) is 1. The summed E-state index contributed by atoms with van der Waals surface area (Å²) < 4.78 is 5.64. The van der Waals surface area contributed by atoms with Crippen LogP contribution in [0.2, 0.25) is 11.1 Å². The van der Waals surface area contributed by atoms with Crippen LogP contribution in [0, 0.1) is 5.92 Å². The van der Waals surface area contributed by atoms with Crippen LogP contribution in [0.15, 0.2) is 11.3 Å². The van der Waals surface area contributed by atoms with Crippen molar-refractivity contribution in [3.63, 3.8) is 0 Å². The molecule has 2 unspecified atom stereocenters. The monoisotopic (exact) mass is 287 g/mol. The molecule has 21 heavy (non-hydrogen) atoms. The quantitative estimate of drug-likeness (QED) is 0.717. The molecule has 5 aliphatic rings. The van der Waals surface area contributed by atoms with Gasteiger partial charge in [0, 0.05) is 11.7 Å². The van der Waals surface area contributed by atoms with Gasteiger partial charge in [-0.25, -0.2) is 0 Å². The molecule has 3 heteroatoms. The van der Waals surface area contributed by atoms with Crippen molar-refractivity contribution >= 4 is 7.28 Å². The van der Waals surface area contributed by atoms with E-state index in [2.05, 4.69) is 32.6 Å². The van der Waals surface area contributed by atoms with Crippen molar-refractivity contribution in [2.45, 2.75) is 82.5 Å². The zero-order valence-electron chi connectivity index (χ0n) is 14.2. The molecule has 4 heterocycles. The maximum Gasteiger partial charge on any atom is 0.132 e. The maximum absolute atomic E-state index is 5.64. The Hall–Kier alpha value is -0.435. The fourth-order valence-corrected chi connectivity index (χ4v) is 5.88. The van der Waals surface area contributed by atoms with Crippen LogP contribution in [0.4, 0.5) is 0 Å². The van der Waals surface area contributed by atoms with E-state index in [0.717, 1.165) is 24.9 Å². The molecule has 2 fully saturated rings. The molecule has 2 atom stereocenters. The molecule has 0 N–H and O–H groups in total. The average Bonchev–Trinajstić information content (AvgIpc) is 2.60. The number of hydrogen-bond donors (Lipinski definition) is 0. The van der Waals surface area contributed by atoms with E-state index >= 15 is 0 Å². The van der Waals surface area contributed by atoms with Gasteiger partial charge in [-0.1, -0.05) is 31.4 Å². The third-order valence-corrected chi connectivity index (χ3v) is 7.02. The zero-order chi connectivity index (χ0) is 14.8. The van der Waals surface area contributed by atoms with Crippen molar-refractivity contribution in [3.05, 3.63) is 11.3 Å². The fraction of sp³-hybridized carbons (Fsp3) is 0.889. The first-order valence-electron chi connectivity index (χ1n) is 9.04. The van der Waals surface area contributed by atoms with Crippen molar-refractivity contribution in [1.82, 2.24) is 4.90 Å². The Morgan fingerprint density at radius 3 is 2.48 bits per heavy atom. The first-order chi connectivity index (χ1) is 9.96. The summed E-state index contributed by atoms with van der Waals surface area (Å²) in [5.74, 6) is 1.83. The van der Waals surface area contributed by atoms with Gasteiger partial charge in [0.15, 0.2) is 0 Å². The molecule has 0 aromatic carbocycles. The van der Waals surface area contributed by atoms with Gasteiger partial charge in [0.25, 0.3) is 0 Å². The third-order valence-electron chi connectivity index (χ3n) is 7.02. The molecule has 1 aliphatic carbocycles. The number of nitrogens with zero attached hydrogens (tertiary/aromatic N) is 1. The van der Waals surface area contributed by atoms with E-state index in [1.54, 1.807) is 11.3 Å². The number of fused-ring (bicyclic) bond motifs is 1. The molecule has 116 valence electrons. The Kier molecular flexibility index (Phi) is 3.06. The number of allylic oxidation sites excluding steroid dienone is 1. The summed E-state index contributed by atoms with van der Waals surface area (Å²) in [6.45, 7) is 11.5. The van der Waals surface area contributed by atoms with Crippen molar-refractivity contribution in [2.24, 2.45) is 5.92 Å². The van der Waals surface area contributed by atoms with Crippen LogP contribution in [0.3, 0.4) is 0 Å². The lowest BCUT2D eigenvalue weighted by atomic mass is 9.27. The number of hydrogen-bond acceptors (Lipinski definition) is 2. The fourth-order valence-electron chi connectivity index (χ4n) is 5.88. The SMILES string of the molecule is CC(C)N1C2=C(CC3BC(C(C)C)(CC2)C3)CC12COC2. The standard InChI is InChI=1S/C18H30BNO/c1-12(2)18-6-5-16-14(7-15(9-18)19-18)8-17(10-21-11-17)20(16)13(3)4/h12-13,15,19H,5-11H2,1-4H3. The average molecular weight is 287 g/mol. The van der Waals surface area contributed by atoms with E-state index in [-0.39, 0.29) is 0 Å². The van der Waals surface area contributed by atoms with Crippen LogP contribution in [0.25, 0.3) is 0 Å². The van der Waals surface area contributed by atoms with Crippen molar-refractivity contribution in [1.29, 1.82) is 0 Å². The Morgan fingerprint density at radius 2 is 1.95 bits per heavy atom. The van der Waals surface area contributed by atoms with Crippen molar-refractivity contribution < 1.29 is 4.74 Å². The Balaban J connectivity index is 1.63. The lowest BCUT2D eigenvalue weighted by Gasteiger charge is -2.53. The van der Waals surface area contributed by atoms with Gasteiger partial charge in [-0.05, 0) is 51.0 Å². The van der Waals surface area contributed by atoms with E-state index in [0.29, 0.717) is 16.9 Å². The topological polar surface area (TPSA) is 12.5 Å². The molecular formula is C18H30BNO. The molecule has 2 bridgehead atoms. The molecule has 2 nitrogen and oxygen atoms in total. The van der Waals surface area contributed by atoms with Gasteiger partial charge in [0.05, 0.1) is 18.8 Å². The minimum Gasteiger partial charge on any atom is -0.376 e. The predicted octanol–water partition coefficient (Wildman–Crippen LogP) is 3.75. The van der Waals surface area contributed by atoms with E-state index in [1.807, 2.05) is 0 Å². The van der Waals surface area contributed by atoms with Crippen molar-refractivity contribution in [3.8, 4) is 0 Å². The molecule has 4 aliphatic heterocycles. The molecule has 0 radical (unpaired) electrons. The lowest BCUT2D eigenvalue weighted by molar-refractivity contribution is -0.128. The minimum atomic E-state index is 0.346. The number of rotatable bonds is 2. The summed E-state index contributed by atoms with van der Waals surface area (Å²) in [7, 11) is 1.49. The highest BCUT2D eigenvalue weighted by molar-refractivity contribution is 6.46. The third kappa shape index (κ3) is 1.89. The molecular weight excluding hydrogens is 257 g/mol. The lowest BCUT2D eigenvalue weighted by Crippen LogP contribution is -2.61. The van der Waals surface area contributed by atoms with Crippen LogP contribution in [-0.2, 0) is 4.74 Å². The summed E-state index contributed by atoms with van der Waals surface area (Å²) in [5, 5.41) is 0.664. The van der Waals surface area contributed by atoms with Gasteiger partial charge in [-0.15, -0.1) is 0 Å². The Morgan fingerprint density at radius 1 is 1.24 bits per heavy atom.